The average molecular weight is 252 g/mol. The molecule has 0 bridgehead atoms. The average Bonchev–Trinajstić information content (AvgIpc) is 2.33. The van der Waals surface area contributed by atoms with Crippen molar-refractivity contribution in [1.82, 2.24) is 10.2 Å². The fourth-order valence-corrected chi connectivity index (χ4v) is 3.83. The smallest absolute Gasteiger partial charge is 0.0249 e. The normalized spacial score (nSPS) is 40.2. The lowest BCUT2D eigenvalue weighted by Gasteiger charge is -2.44. The lowest BCUT2D eigenvalue weighted by Crippen LogP contribution is -2.53. The van der Waals surface area contributed by atoms with Crippen molar-refractivity contribution >= 4 is 0 Å². The molecule has 4 atom stereocenters. The Kier molecular flexibility index (Phi) is 5.50. The number of nitrogens with one attached hydrogen (secondary N) is 1. The van der Waals surface area contributed by atoms with Gasteiger partial charge in [0, 0.05) is 18.6 Å². The topological polar surface area (TPSA) is 15.3 Å². The van der Waals surface area contributed by atoms with Gasteiger partial charge in [0.25, 0.3) is 0 Å². The molecule has 2 aliphatic rings. The van der Waals surface area contributed by atoms with Crippen molar-refractivity contribution in [2.45, 2.75) is 70.9 Å². The summed E-state index contributed by atoms with van der Waals surface area (Å²) in [6.07, 6.45) is 9.93. The summed E-state index contributed by atoms with van der Waals surface area (Å²) in [6.45, 7) is 7.52. The molecule has 1 aliphatic carbocycles. The molecule has 0 aromatic rings. The zero-order chi connectivity index (χ0) is 13.0. The van der Waals surface area contributed by atoms with Gasteiger partial charge in [-0.1, -0.05) is 39.5 Å². The Morgan fingerprint density at radius 3 is 2.28 bits per heavy atom. The lowest BCUT2D eigenvalue weighted by molar-refractivity contribution is 0.0662. The Labute approximate surface area is 114 Å². The molecule has 0 aromatic carbocycles. The standard InChI is InChI=1S/C16H32N2/c1-13-10-11-18(12-14(13)2)16-9-7-5-4-6-8-15(16)17-3/h13-17H,4-12H2,1-3H3. The molecule has 106 valence electrons. The van der Waals surface area contributed by atoms with Gasteiger partial charge in [-0.2, -0.15) is 0 Å². The number of hydrogen-bond donors (Lipinski definition) is 1. The molecule has 1 aliphatic heterocycles. The van der Waals surface area contributed by atoms with Crippen LogP contribution in [-0.2, 0) is 0 Å². The molecule has 0 spiro atoms. The second-order valence-corrected chi connectivity index (χ2v) is 6.69. The molecule has 1 saturated carbocycles. The summed E-state index contributed by atoms with van der Waals surface area (Å²) >= 11 is 0. The van der Waals surface area contributed by atoms with Crippen LogP contribution in [0.25, 0.3) is 0 Å². The SMILES string of the molecule is CNC1CCCCCCC1N1CCC(C)C(C)C1. The minimum Gasteiger partial charge on any atom is -0.315 e. The van der Waals surface area contributed by atoms with Crippen molar-refractivity contribution in [2.24, 2.45) is 11.8 Å². The number of rotatable bonds is 2. The zero-order valence-corrected chi connectivity index (χ0v) is 12.6. The molecule has 4 unspecified atom stereocenters. The highest BCUT2D eigenvalue weighted by Crippen LogP contribution is 2.28. The van der Waals surface area contributed by atoms with E-state index >= 15 is 0 Å². The highest BCUT2D eigenvalue weighted by atomic mass is 15.2. The Morgan fingerprint density at radius 1 is 0.889 bits per heavy atom. The van der Waals surface area contributed by atoms with E-state index in [4.69, 9.17) is 0 Å². The van der Waals surface area contributed by atoms with E-state index in [1.807, 2.05) is 0 Å². The van der Waals surface area contributed by atoms with E-state index in [2.05, 4.69) is 31.1 Å². The van der Waals surface area contributed by atoms with Crippen LogP contribution in [0.3, 0.4) is 0 Å². The highest BCUT2D eigenvalue weighted by molar-refractivity contribution is 4.88. The highest BCUT2D eigenvalue weighted by Gasteiger charge is 2.31. The molecule has 1 N–H and O–H groups in total. The van der Waals surface area contributed by atoms with Crippen LogP contribution in [-0.4, -0.2) is 37.1 Å². The van der Waals surface area contributed by atoms with Gasteiger partial charge in [-0.05, 0) is 44.7 Å². The Balaban J connectivity index is 1.98. The molecule has 0 aromatic heterocycles. The lowest BCUT2D eigenvalue weighted by atomic mass is 9.85. The van der Waals surface area contributed by atoms with Crippen LogP contribution in [0.2, 0.25) is 0 Å². The predicted octanol–water partition coefficient (Wildman–Crippen LogP) is 3.28. The quantitative estimate of drug-likeness (QED) is 0.811. The molecule has 1 saturated heterocycles. The van der Waals surface area contributed by atoms with E-state index in [-0.39, 0.29) is 0 Å². The van der Waals surface area contributed by atoms with Crippen LogP contribution in [0.15, 0.2) is 0 Å². The number of likely N-dealkylation sites (tertiary alicyclic amines) is 1. The van der Waals surface area contributed by atoms with Crippen LogP contribution < -0.4 is 5.32 Å². The number of piperidine rings is 1. The van der Waals surface area contributed by atoms with Crippen LogP contribution >= 0.6 is 0 Å². The molecule has 1 heterocycles. The Morgan fingerprint density at radius 2 is 1.61 bits per heavy atom. The molecule has 2 rings (SSSR count). The van der Waals surface area contributed by atoms with Gasteiger partial charge in [-0.15, -0.1) is 0 Å². The maximum Gasteiger partial charge on any atom is 0.0249 e. The first-order valence-corrected chi connectivity index (χ1v) is 8.13. The number of nitrogens with zero attached hydrogens (tertiary/aromatic N) is 1. The third-order valence-electron chi connectivity index (χ3n) is 5.43. The molecule has 18 heavy (non-hydrogen) atoms. The number of hydrogen-bond acceptors (Lipinski definition) is 2. The summed E-state index contributed by atoms with van der Waals surface area (Å²) in [5.41, 5.74) is 0. The second kappa shape index (κ2) is 6.91. The Hall–Kier alpha value is -0.0800. The summed E-state index contributed by atoms with van der Waals surface area (Å²) in [5.74, 6) is 1.80. The largest absolute Gasteiger partial charge is 0.315 e. The monoisotopic (exact) mass is 252 g/mol. The molecule has 0 amide bonds. The number of likely N-dealkylation sites (N-methyl/N-ethyl adjacent to an activating group) is 1. The first-order valence-electron chi connectivity index (χ1n) is 8.13. The second-order valence-electron chi connectivity index (χ2n) is 6.69. The summed E-state index contributed by atoms with van der Waals surface area (Å²) in [5, 5.41) is 3.60. The van der Waals surface area contributed by atoms with Gasteiger partial charge < -0.3 is 5.32 Å². The molecule has 2 heteroatoms. The first kappa shape index (κ1) is 14.3. The summed E-state index contributed by atoms with van der Waals surface area (Å²) in [7, 11) is 2.16. The molecule has 0 radical (unpaired) electrons. The van der Waals surface area contributed by atoms with Crippen LogP contribution in [0.4, 0.5) is 0 Å². The maximum atomic E-state index is 3.60. The van der Waals surface area contributed by atoms with Gasteiger partial charge in [-0.3, -0.25) is 4.90 Å². The van der Waals surface area contributed by atoms with Crippen LogP contribution in [0.1, 0.15) is 58.8 Å². The fraction of sp³-hybridized carbons (Fsp3) is 1.00. The minimum absolute atomic E-state index is 0.728. The van der Waals surface area contributed by atoms with E-state index in [0.717, 1.165) is 23.9 Å². The van der Waals surface area contributed by atoms with E-state index in [1.54, 1.807) is 0 Å². The van der Waals surface area contributed by atoms with Crippen molar-refractivity contribution in [3.63, 3.8) is 0 Å². The van der Waals surface area contributed by atoms with Crippen LogP contribution in [0, 0.1) is 11.8 Å². The predicted molar refractivity (Wildman–Crippen MR) is 78.9 cm³/mol. The van der Waals surface area contributed by atoms with E-state index < -0.39 is 0 Å². The van der Waals surface area contributed by atoms with E-state index in [1.165, 1.54) is 58.0 Å². The van der Waals surface area contributed by atoms with Gasteiger partial charge in [0.2, 0.25) is 0 Å². The third-order valence-corrected chi connectivity index (χ3v) is 5.43. The third kappa shape index (κ3) is 3.48. The fourth-order valence-electron chi connectivity index (χ4n) is 3.83. The van der Waals surface area contributed by atoms with Crippen molar-refractivity contribution in [3.8, 4) is 0 Å². The molecule has 2 nitrogen and oxygen atoms in total. The van der Waals surface area contributed by atoms with Crippen LogP contribution in [0.5, 0.6) is 0 Å². The summed E-state index contributed by atoms with van der Waals surface area (Å²) in [6, 6.07) is 1.52. The molecule has 2 fully saturated rings. The van der Waals surface area contributed by atoms with Crippen molar-refractivity contribution in [2.75, 3.05) is 20.1 Å². The van der Waals surface area contributed by atoms with Gasteiger partial charge in [0.15, 0.2) is 0 Å². The van der Waals surface area contributed by atoms with Crippen molar-refractivity contribution in [1.29, 1.82) is 0 Å². The van der Waals surface area contributed by atoms with Gasteiger partial charge in [0.1, 0.15) is 0 Å². The van der Waals surface area contributed by atoms with Gasteiger partial charge >= 0.3 is 0 Å². The maximum absolute atomic E-state index is 3.60. The van der Waals surface area contributed by atoms with Crippen molar-refractivity contribution < 1.29 is 0 Å². The molecular formula is C16H32N2. The van der Waals surface area contributed by atoms with E-state index in [0.29, 0.717) is 0 Å². The zero-order valence-electron chi connectivity index (χ0n) is 12.6. The summed E-state index contributed by atoms with van der Waals surface area (Å²) < 4.78 is 0. The first-order chi connectivity index (χ1) is 8.72. The summed E-state index contributed by atoms with van der Waals surface area (Å²) in [4.78, 5) is 2.80. The van der Waals surface area contributed by atoms with Crippen molar-refractivity contribution in [3.05, 3.63) is 0 Å². The Bertz CT molecular complexity index is 241. The van der Waals surface area contributed by atoms with E-state index in [9.17, 15) is 0 Å². The van der Waals surface area contributed by atoms with Gasteiger partial charge in [0.05, 0.1) is 0 Å². The van der Waals surface area contributed by atoms with Gasteiger partial charge in [-0.25, -0.2) is 0 Å². The molecular weight excluding hydrogens is 220 g/mol. The minimum atomic E-state index is 0.728.